The van der Waals surface area contributed by atoms with Gasteiger partial charge in [0.15, 0.2) is 0 Å². The van der Waals surface area contributed by atoms with Crippen molar-refractivity contribution >= 4 is 5.78 Å². The van der Waals surface area contributed by atoms with E-state index >= 15 is 0 Å². The number of carbonyl (C=O) groups is 1. The maximum absolute atomic E-state index is 13.4. The number of aliphatic hydroxyl groups excluding tert-OH is 1. The number of rotatable bonds is 4. The molecular weight excluding hydrogens is 390 g/mol. The van der Waals surface area contributed by atoms with Gasteiger partial charge in [0, 0.05) is 25.6 Å². The lowest BCUT2D eigenvalue weighted by atomic mass is 9.43. The molecule has 2 N–H and O–H groups in total. The van der Waals surface area contributed by atoms with E-state index in [0.717, 1.165) is 71.2 Å². The topological polar surface area (TPSA) is 70.0 Å². The molecule has 1 saturated heterocycles. The average molecular weight is 434 g/mol. The Bertz CT molecular complexity index is 689. The number of nitrogens with zero attached hydrogens (tertiary/aromatic N) is 1. The first kappa shape index (κ1) is 22.3. The van der Waals surface area contributed by atoms with Crippen molar-refractivity contribution in [2.24, 2.45) is 40.4 Å². The van der Waals surface area contributed by atoms with Gasteiger partial charge in [-0.1, -0.05) is 6.92 Å². The van der Waals surface area contributed by atoms with Crippen LogP contribution in [0.1, 0.15) is 71.6 Å². The Hall–Kier alpha value is -0.490. The molecule has 1 unspecified atom stereocenters. The van der Waals surface area contributed by atoms with Crippen molar-refractivity contribution in [2.45, 2.75) is 77.2 Å². The molecule has 5 fully saturated rings. The number of morpholine rings is 1. The largest absolute Gasteiger partial charge is 0.396 e. The summed E-state index contributed by atoms with van der Waals surface area (Å²) in [7, 11) is 0. The van der Waals surface area contributed by atoms with Crippen LogP contribution in [0.4, 0.5) is 0 Å². The van der Waals surface area contributed by atoms with Crippen LogP contribution < -0.4 is 0 Å². The van der Waals surface area contributed by atoms with Crippen molar-refractivity contribution in [2.75, 3.05) is 39.5 Å². The van der Waals surface area contributed by atoms with Crippen LogP contribution in [-0.4, -0.2) is 66.0 Å². The minimum Gasteiger partial charge on any atom is -0.396 e. The van der Waals surface area contributed by atoms with Crippen LogP contribution in [0.2, 0.25) is 0 Å². The molecule has 0 aromatic heterocycles. The van der Waals surface area contributed by atoms with Gasteiger partial charge < -0.3 is 14.9 Å². The minimum absolute atomic E-state index is 0.00236. The fourth-order valence-electron chi connectivity index (χ4n) is 9.16. The molecule has 1 heterocycles. The van der Waals surface area contributed by atoms with Crippen LogP contribution in [0.3, 0.4) is 0 Å². The summed E-state index contributed by atoms with van der Waals surface area (Å²) in [6, 6.07) is 0. The van der Waals surface area contributed by atoms with E-state index in [0.29, 0.717) is 36.0 Å². The van der Waals surface area contributed by atoms with Crippen molar-refractivity contribution in [1.29, 1.82) is 0 Å². The highest BCUT2D eigenvalue weighted by Crippen LogP contribution is 2.68. The summed E-state index contributed by atoms with van der Waals surface area (Å²) in [4.78, 5) is 15.7. The highest BCUT2D eigenvalue weighted by atomic mass is 16.5. The zero-order valence-electron chi connectivity index (χ0n) is 19.7. The molecule has 0 bridgehead atoms. The number of aliphatic hydroxyl groups is 2. The molecule has 4 saturated carbocycles. The molecule has 5 nitrogen and oxygen atoms in total. The van der Waals surface area contributed by atoms with Crippen LogP contribution in [-0.2, 0) is 9.53 Å². The van der Waals surface area contributed by atoms with E-state index in [1.165, 1.54) is 12.8 Å². The molecule has 0 aromatic rings. The Morgan fingerprint density at radius 2 is 1.77 bits per heavy atom. The Morgan fingerprint density at radius 1 is 1.00 bits per heavy atom. The van der Waals surface area contributed by atoms with E-state index in [4.69, 9.17) is 4.74 Å². The zero-order chi connectivity index (χ0) is 21.9. The van der Waals surface area contributed by atoms with Gasteiger partial charge in [-0.2, -0.15) is 0 Å². The summed E-state index contributed by atoms with van der Waals surface area (Å²) < 4.78 is 5.46. The van der Waals surface area contributed by atoms with Gasteiger partial charge in [0.1, 0.15) is 5.78 Å². The molecule has 0 spiro atoms. The standard InChI is InChI=1S/C26H43NO4/c1-24(30)9-10-26(17-28)18(15-24)3-4-19-20-5-6-22(25(20,2)8-7-21(19)26)23(29)16-27-11-13-31-14-12-27/h18-22,28,30H,3-17H2,1-2H3/t18-,19-,20-,21-,22+,24+,25-,26?/m0/s1. The summed E-state index contributed by atoms with van der Waals surface area (Å²) >= 11 is 0. The average Bonchev–Trinajstić information content (AvgIpc) is 3.11. The molecule has 1 aliphatic heterocycles. The SMILES string of the molecule is C[C@@]1(O)CCC2(CO)[C@@H](CC[C@@H]3[C@@H]2CC[C@]2(C)[C@@H](C(=O)CN4CCOCC4)CC[C@@H]32)C1. The lowest BCUT2D eigenvalue weighted by Gasteiger charge is -2.62. The van der Waals surface area contributed by atoms with E-state index in [2.05, 4.69) is 11.8 Å². The van der Waals surface area contributed by atoms with Gasteiger partial charge in [0.2, 0.25) is 0 Å². The van der Waals surface area contributed by atoms with Crippen LogP contribution in [0.25, 0.3) is 0 Å². The third-order valence-electron chi connectivity index (χ3n) is 10.8. The molecule has 0 radical (unpaired) electrons. The fraction of sp³-hybridized carbons (Fsp3) is 0.962. The van der Waals surface area contributed by atoms with Gasteiger partial charge in [0.25, 0.3) is 0 Å². The lowest BCUT2D eigenvalue weighted by molar-refractivity contribution is -0.171. The summed E-state index contributed by atoms with van der Waals surface area (Å²) in [5.41, 5.74) is -0.430. The predicted molar refractivity (Wildman–Crippen MR) is 120 cm³/mol. The summed E-state index contributed by atoms with van der Waals surface area (Å²) in [6.45, 7) is 8.55. The molecule has 0 aromatic carbocycles. The Kier molecular flexibility index (Phi) is 5.81. The van der Waals surface area contributed by atoms with Gasteiger partial charge >= 0.3 is 0 Å². The Balaban J connectivity index is 1.33. The van der Waals surface area contributed by atoms with E-state index in [1.807, 2.05) is 6.92 Å². The molecule has 0 amide bonds. The second-order valence-corrected chi connectivity index (χ2v) is 12.3. The minimum atomic E-state index is -0.566. The van der Waals surface area contributed by atoms with Crippen molar-refractivity contribution < 1.29 is 19.7 Å². The van der Waals surface area contributed by atoms with Gasteiger partial charge in [-0.3, -0.25) is 9.69 Å². The maximum atomic E-state index is 13.4. The number of hydrogen-bond donors (Lipinski definition) is 2. The first-order chi connectivity index (χ1) is 14.8. The number of fused-ring (bicyclic) bond motifs is 5. The van der Waals surface area contributed by atoms with Crippen molar-refractivity contribution in [3.8, 4) is 0 Å². The molecule has 5 rings (SSSR count). The van der Waals surface area contributed by atoms with Gasteiger partial charge in [-0.25, -0.2) is 0 Å². The number of hydrogen-bond acceptors (Lipinski definition) is 5. The third kappa shape index (κ3) is 3.62. The first-order valence-electron chi connectivity index (χ1n) is 13.0. The van der Waals surface area contributed by atoms with Gasteiger partial charge in [0.05, 0.1) is 25.4 Å². The van der Waals surface area contributed by atoms with E-state index in [1.54, 1.807) is 0 Å². The van der Waals surface area contributed by atoms with Crippen LogP contribution in [0.5, 0.6) is 0 Å². The van der Waals surface area contributed by atoms with Gasteiger partial charge in [-0.15, -0.1) is 0 Å². The van der Waals surface area contributed by atoms with E-state index < -0.39 is 5.60 Å². The molecule has 176 valence electrons. The molecule has 4 aliphatic carbocycles. The highest BCUT2D eigenvalue weighted by molar-refractivity contribution is 5.84. The first-order valence-corrected chi connectivity index (χ1v) is 13.0. The van der Waals surface area contributed by atoms with E-state index in [9.17, 15) is 15.0 Å². The van der Waals surface area contributed by atoms with Crippen molar-refractivity contribution in [3.05, 3.63) is 0 Å². The third-order valence-corrected chi connectivity index (χ3v) is 10.8. The molecule has 8 atom stereocenters. The van der Waals surface area contributed by atoms with Crippen molar-refractivity contribution in [1.82, 2.24) is 4.90 Å². The predicted octanol–water partition coefficient (Wildman–Crippen LogP) is 3.27. The maximum Gasteiger partial charge on any atom is 0.150 e. The fourth-order valence-corrected chi connectivity index (χ4v) is 9.16. The number of ketones is 1. The number of carbonyl (C=O) groups excluding carboxylic acids is 1. The van der Waals surface area contributed by atoms with Crippen LogP contribution in [0, 0.1) is 40.4 Å². The highest BCUT2D eigenvalue weighted by Gasteiger charge is 2.62. The lowest BCUT2D eigenvalue weighted by Crippen LogP contribution is -2.58. The monoisotopic (exact) mass is 433 g/mol. The Labute approximate surface area is 187 Å². The summed E-state index contributed by atoms with van der Waals surface area (Å²) in [5.74, 6) is 2.95. The summed E-state index contributed by atoms with van der Waals surface area (Å²) in [6.07, 6.45) is 9.50. The normalized spacial score (nSPS) is 50.4. The van der Waals surface area contributed by atoms with Crippen LogP contribution >= 0.6 is 0 Å². The van der Waals surface area contributed by atoms with Crippen molar-refractivity contribution in [3.63, 3.8) is 0 Å². The molecular formula is C26H43NO4. The number of ether oxygens (including phenoxy) is 1. The second kappa shape index (κ2) is 8.07. The molecule has 31 heavy (non-hydrogen) atoms. The molecule has 5 aliphatic rings. The zero-order valence-corrected chi connectivity index (χ0v) is 19.7. The summed E-state index contributed by atoms with van der Waals surface area (Å²) in [5, 5.41) is 21.4. The quantitative estimate of drug-likeness (QED) is 0.712. The van der Waals surface area contributed by atoms with E-state index in [-0.39, 0.29) is 23.4 Å². The Morgan fingerprint density at radius 3 is 2.52 bits per heavy atom. The number of Topliss-reactive ketones (excluding diaryl/α,β-unsaturated/α-hetero) is 1. The second-order valence-electron chi connectivity index (χ2n) is 12.3. The van der Waals surface area contributed by atoms with Gasteiger partial charge in [-0.05, 0) is 99.2 Å². The molecule has 5 heteroatoms. The van der Waals surface area contributed by atoms with Crippen LogP contribution in [0.15, 0.2) is 0 Å². The smallest absolute Gasteiger partial charge is 0.150 e.